The van der Waals surface area contributed by atoms with Crippen molar-refractivity contribution >= 4 is 11.6 Å². The summed E-state index contributed by atoms with van der Waals surface area (Å²) in [5.74, 6) is -0.420. The largest absolute Gasteiger partial charge is 0.366 e. The van der Waals surface area contributed by atoms with E-state index in [4.69, 9.17) is 11.5 Å². The van der Waals surface area contributed by atoms with E-state index in [1.54, 1.807) is 13.0 Å². The lowest BCUT2D eigenvalue weighted by molar-refractivity contribution is -0.114. The summed E-state index contributed by atoms with van der Waals surface area (Å²) in [5, 5.41) is 0. The van der Waals surface area contributed by atoms with Gasteiger partial charge in [0.15, 0.2) is 0 Å². The Balaban J connectivity index is 4.66. The highest BCUT2D eigenvalue weighted by Crippen LogP contribution is 1.99. The van der Waals surface area contributed by atoms with Crippen LogP contribution in [0.3, 0.4) is 0 Å². The molecular formula is C10H19N3O. The monoisotopic (exact) mass is 197 g/mol. The Morgan fingerprint density at radius 3 is 2.43 bits per heavy atom. The number of hydrogen-bond donors (Lipinski definition) is 2. The van der Waals surface area contributed by atoms with Gasteiger partial charge in [0.1, 0.15) is 0 Å². The van der Waals surface area contributed by atoms with Crippen LogP contribution in [0.25, 0.3) is 0 Å². The molecule has 0 radical (unpaired) electrons. The minimum atomic E-state index is -0.420. The molecule has 0 fully saturated rings. The SMILES string of the molecule is CCC(C=C(C)C(N)=O)=NC(N)CC. The predicted molar refractivity (Wildman–Crippen MR) is 58.9 cm³/mol. The number of carbonyl (C=O) groups is 1. The Kier molecular flexibility index (Phi) is 5.79. The zero-order valence-electron chi connectivity index (χ0n) is 9.08. The molecule has 0 aliphatic carbocycles. The van der Waals surface area contributed by atoms with Crippen molar-refractivity contribution in [2.45, 2.75) is 39.8 Å². The average Bonchev–Trinajstić information content (AvgIpc) is 2.16. The van der Waals surface area contributed by atoms with Crippen LogP contribution < -0.4 is 11.5 Å². The summed E-state index contributed by atoms with van der Waals surface area (Å²) in [7, 11) is 0. The van der Waals surface area contributed by atoms with E-state index in [1.807, 2.05) is 13.8 Å². The number of nitrogens with two attached hydrogens (primary N) is 2. The second-order valence-corrected chi connectivity index (χ2v) is 3.14. The van der Waals surface area contributed by atoms with Crippen LogP contribution in [0.2, 0.25) is 0 Å². The van der Waals surface area contributed by atoms with Gasteiger partial charge in [-0.2, -0.15) is 0 Å². The van der Waals surface area contributed by atoms with Crippen LogP contribution >= 0.6 is 0 Å². The molecule has 1 unspecified atom stereocenters. The van der Waals surface area contributed by atoms with E-state index in [9.17, 15) is 4.79 Å². The molecule has 0 saturated carbocycles. The average molecular weight is 197 g/mol. The maximum absolute atomic E-state index is 10.8. The first-order valence-electron chi connectivity index (χ1n) is 4.81. The summed E-state index contributed by atoms with van der Waals surface area (Å²) in [4.78, 5) is 15.0. The molecular weight excluding hydrogens is 178 g/mol. The second kappa shape index (κ2) is 6.32. The first kappa shape index (κ1) is 12.8. The van der Waals surface area contributed by atoms with Crippen molar-refractivity contribution in [1.82, 2.24) is 0 Å². The van der Waals surface area contributed by atoms with Gasteiger partial charge in [-0.25, -0.2) is 0 Å². The number of amides is 1. The van der Waals surface area contributed by atoms with Crippen LogP contribution in [0.1, 0.15) is 33.6 Å². The van der Waals surface area contributed by atoms with Crippen molar-refractivity contribution in [2.75, 3.05) is 0 Å². The maximum Gasteiger partial charge on any atom is 0.244 e. The Hall–Kier alpha value is -1.16. The van der Waals surface area contributed by atoms with Gasteiger partial charge >= 0.3 is 0 Å². The number of allylic oxidation sites excluding steroid dienone is 1. The van der Waals surface area contributed by atoms with Gasteiger partial charge in [0.05, 0.1) is 6.17 Å². The lowest BCUT2D eigenvalue weighted by Gasteiger charge is -2.05. The van der Waals surface area contributed by atoms with Crippen molar-refractivity contribution < 1.29 is 4.79 Å². The van der Waals surface area contributed by atoms with E-state index >= 15 is 0 Å². The van der Waals surface area contributed by atoms with Crippen molar-refractivity contribution in [3.8, 4) is 0 Å². The van der Waals surface area contributed by atoms with Gasteiger partial charge in [-0.3, -0.25) is 9.79 Å². The Bertz CT molecular complexity index is 256. The van der Waals surface area contributed by atoms with Crippen molar-refractivity contribution in [3.05, 3.63) is 11.6 Å². The van der Waals surface area contributed by atoms with E-state index < -0.39 is 5.91 Å². The zero-order chi connectivity index (χ0) is 11.1. The third-order valence-corrected chi connectivity index (χ3v) is 1.88. The van der Waals surface area contributed by atoms with Gasteiger partial charge in [-0.05, 0) is 25.8 Å². The summed E-state index contributed by atoms with van der Waals surface area (Å²) in [6.45, 7) is 5.60. The number of rotatable bonds is 5. The lowest BCUT2D eigenvalue weighted by Crippen LogP contribution is -2.18. The van der Waals surface area contributed by atoms with Gasteiger partial charge in [0.25, 0.3) is 0 Å². The fourth-order valence-corrected chi connectivity index (χ4v) is 0.856. The molecule has 0 rings (SSSR count). The first-order chi connectivity index (χ1) is 6.51. The molecule has 0 saturated heterocycles. The highest BCUT2D eigenvalue weighted by Gasteiger charge is 2.01. The molecule has 80 valence electrons. The zero-order valence-corrected chi connectivity index (χ0v) is 9.08. The predicted octanol–water partition coefficient (Wildman–Crippen LogP) is 0.964. The normalized spacial score (nSPS) is 15.4. The molecule has 0 aromatic rings. The molecule has 0 aliphatic rings. The van der Waals surface area contributed by atoms with Crippen molar-refractivity contribution in [3.63, 3.8) is 0 Å². The van der Waals surface area contributed by atoms with Crippen LogP contribution in [-0.2, 0) is 4.79 Å². The summed E-state index contributed by atoms with van der Waals surface area (Å²) in [6, 6.07) is 0. The fourth-order valence-electron chi connectivity index (χ4n) is 0.856. The molecule has 0 heterocycles. The number of hydrogen-bond acceptors (Lipinski definition) is 3. The van der Waals surface area contributed by atoms with E-state index in [-0.39, 0.29) is 6.17 Å². The number of aliphatic imine (C=N–C) groups is 1. The standard InChI is InChI=1S/C10H19N3O/c1-4-8(13-9(11)5-2)6-7(3)10(12)14/h6,9H,4-5,11H2,1-3H3,(H2,12,14). The lowest BCUT2D eigenvalue weighted by atomic mass is 10.2. The quantitative estimate of drug-likeness (QED) is 0.508. The Labute approximate surface area is 85.1 Å². The fraction of sp³-hybridized carbons (Fsp3) is 0.600. The first-order valence-corrected chi connectivity index (χ1v) is 4.81. The molecule has 14 heavy (non-hydrogen) atoms. The molecule has 0 aromatic heterocycles. The van der Waals surface area contributed by atoms with Gasteiger partial charge in [0, 0.05) is 11.3 Å². The van der Waals surface area contributed by atoms with Gasteiger partial charge in [-0.1, -0.05) is 13.8 Å². The van der Waals surface area contributed by atoms with Crippen molar-refractivity contribution in [2.24, 2.45) is 16.5 Å². The van der Waals surface area contributed by atoms with Gasteiger partial charge in [-0.15, -0.1) is 0 Å². The third kappa shape index (κ3) is 4.77. The topological polar surface area (TPSA) is 81.5 Å². The van der Waals surface area contributed by atoms with E-state index in [0.717, 1.165) is 18.6 Å². The summed E-state index contributed by atoms with van der Waals surface area (Å²) in [5.41, 5.74) is 12.1. The summed E-state index contributed by atoms with van der Waals surface area (Å²) < 4.78 is 0. The van der Waals surface area contributed by atoms with Crippen LogP contribution in [0, 0.1) is 0 Å². The Morgan fingerprint density at radius 2 is 2.07 bits per heavy atom. The molecule has 1 atom stereocenters. The molecule has 0 spiro atoms. The van der Waals surface area contributed by atoms with Gasteiger partial charge < -0.3 is 11.5 Å². The maximum atomic E-state index is 10.8. The highest BCUT2D eigenvalue weighted by molar-refractivity contribution is 6.03. The van der Waals surface area contributed by atoms with E-state index in [1.165, 1.54) is 0 Å². The molecule has 1 amide bonds. The van der Waals surface area contributed by atoms with Gasteiger partial charge in [0.2, 0.25) is 5.91 Å². The summed E-state index contributed by atoms with van der Waals surface area (Å²) in [6.07, 6.45) is 3.03. The highest BCUT2D eigenvalue weighted by atomic mass is 16.1. The van der Waals surface area contributed by atoms with Crippen LogP contribution in [0.4, 0.5) is 0 Å². The smallest absolute Gasteiger partial charge is 0.244 e. The molecule has 0 aliphatic heterocycles. The van der Waals surface area contributed by atoms with Crippen LogP contribution in [0.15, 0.2) is 16.6 Å². The number of nitrogens with zero attached hydrogens (tertiary/aromatic N) is 1. The van der Waals surface area contributed by atoms with Crippen molar-refractivity contribution in [1.29, 1.82) is 0 Å². The van der Waals surface area contributed by atoms with Crippen LogP contribution in [-0.4, -0.2) is 17.8 Å². The van der Waals surface area contributed by atoms with E-state index in [0.29, 0.717) is 5.57 Å². The molecule has 4 N–H and O–H groups in total. The molecule has 0 bridgehead atoms. The minimum absolute atomic E-state index is 0.193. The molecule has 0 aromatic carbocycles. The number of carbonyl (C=O) groups excluding carboxylic acids is 1. The van der Waals surface area contributed by atoms with E-state index in [2.05, 4.69) is 4.99 Å². The van der Waals surface area contributed by atoms with Crippen LogP contribution in [0.5, 0.6) is 0 Å². The third-order valence-electron chi connectivity index (χ3n) is 1.88. The minimum Gasteiger partial charge on any atom is -0.366 e. The second-order valence-electron chi connectivity index (χ2n) is 3.14. The molecule has 4 nitrogen and oxygen atoms in total. The Morgan fingerprint density at radius 1 is 1.50 bits per heavy atom. The number of primary amides is 1. The molecule has 4 heteroatoms. The summed E-state index contributed by atoms with van der Waals surface area (Å²) >= 11 is 0.